The molecule has 1 rings (SSSR count). The largest absolute Gasteiger partial charge is 0.330 e. The second-order valence-corrected chi connectivity index (χ2v) is 5.70. The van der Waals surface area contributed by atoms with Gasteiger partial charge in [0.1, 0.15) is 5.82 Å². The molecule has 0 spiro atoms. The highest BCUT2D eigenvalue weighted by molar-refractivity contribution is 7.89. The Bertz CT molecular complexity index is 463. The molecule has 0 aromatic heterocycles. The summed E-state index contributed by atoms with van der Waals surface area (Å²) in [6.45, 7) is 0.779. The van der Waals surface area contributed by atoms with Gasteiger partial charge in [0.25, 0.3) is 0 Å². The second kappa shape index (κ2) is 7.91. The predicted molar refractivity (Wildman–Crippen MR) is 72.1 cm³/mol. The first-order valence-corrected chi connectivity index (χ1v) is 6.97. The van der Waals surface area contributed by atoms with Crippen molar-refractivity contribution in [1.29, 1.82) is 0 Å². The van der Waals surface area contributed by atoms with E-state index in [9.17, 15) is 12.8 Å². The molecule has 0 saturated carbocycles. The summed E-state index contributed by atoms with van der Waals surface area (Å²) in [6, 6.07) is 3.18. The highest BCUT2D eigenvalue weighted by atomic mass is 35.5. The third-order valence-electron chi connectivity index (χ3n) is 2.07. The third kappa shape index (κ3) is 5.49. The first kappa shape index (κ1) is 17.6. The van der Waals surface area contributed by atoms with Crippen LogP contribution in [0.5, 0.6) is 0 Å². The van der Waals surface area contributed by atoms with E-state index in [2.05, 4.69) is 4.72 Å². The Kier molecular flexibility index (Phi) is 7.73. The second-order valence-electron chi connectivity index (χ2n) is 3.50. The maximum atomic E-state index is 13.0. The Morgan fingerprint density at radius 1 is 1.28 bits per heavy atom. The van der Waals surface area contributed by atoms with E-state index < -0.39 is 15.8 Å². The molecule has 0 radical (unpaired) electrons. The molecule has 4 nitrogen and oxygen atoms in total. The molecule has 0 aliphatic rings. The Morgan fingerprint density at radius 3 is 2.50 bits per heavy atom. The van der Waals surface area contributed by atoms with Crippen molar-refractivity contribution >= 4 is 34.0 Å². The molecule has 0 aliphatic heterocycles. The van der Waals surface area contributed by atoms with E-state index in [1.807, 2.05) is 0 Å². The van der Waals surface area contributed by atoms with E-state index in [4.69, 9.17) is 17.3 Å². The van der Waals surface area contributed by atoms with Crippen LogP contribution in [0.2, 0.25) is 5.02 Å². The van der Waals surface area contributed by atoms with Gasteiger partial charge >= 0.3 is 0 Å². The number of nitrogens with one attached hydrogen (secondary N) is 1. The minimum atomic E-state index is -3.70. The molecule has 0 aliphatic carbocycles. The van der Waals surface area contributed by atoms with Crippen LogP contribution in [0.15, 0.2) is 23.1 Å². The lowest BCUT2D eigenvalue weighted by atomic mass is 10.3. The van der Waals surface area contributed by atoms with Gasteiger partial charge < -0.3 is 5.73 Å². The van der Waals surface area contributed by atoms with Crippen LogP contribution in [0.4, 0.5) is 4.39 Å². The number of halogens is 3. The lowest BCUT2D eigenvalue weighted by molar-refractivity contribution is 0.573. The standard InChI is InChI=1S/C10H14ClFN2O2S.ClH/c11-8-5-9(12)7-10(6-8)17(15,16)14-4-2-1-3-13;/h5-7,14H,1-4,13H2;1H. The number of sulfonamides is 1. The normalized spacial score (nSPS) is 11.1. The van der Waals surface area contributed by atoms with Crippen LogP contribution in [0.1, 0.15) is 12.8 Å². The zero-order valence-corrected chi connectivity index (χ0v) is 11.9. The van der Waals surface area contributed by atoms with E-state index in [0.29, 0.717) is 13.0 Å². The van der Waals surface area contributed by atoms with Gasteiger partial charge in [0.05, 0.1) is 4.90 Å². The summed E-state index contributed by atoms with van der Waals surface area (Å²) in [6.07, 6.45) is 1.37. The van der Waals surface area contributed by atoms with E-state index in [-0.39, 0.29) is 28.9 Å². The summed E-state index contributed by atoms with van der Waals surface area (Å²) >= 11 is 5.59. The van der Waals surface area contributed by atoms with Gasteiger partial charge in [-0.3, -0.25) is 0 Å². The summed E-state index contributed by atoms with van der Waals surface area (Å²) in [5.41, 5.74) is 5.28. The van der Waals surface area contributed by atoms with Crippen molar-refractivity contribution in [2.45, 2.75) is 17.7 Å². The summed E-state index contributed by atoms with van der Waals surface area (Å²) in [5, 5.41) is 0.0485. The monoisotopic (exact) mass is 316 g/mol. The maximum Gasteiger partial charge on any atom is 0.240 e. The summed E-state index contributed by atoms with van der Waals surface area (Å²) in [4.78, 5) is -0.171. The Morgan fingerprint density at radius 2 is 1.94 bits per heavy atom. The molecule has 8 heteroatoms. The number of rotatable bonds is 6. The molecule has 1 aromatic carbocycles. The van der Waals surface area contributed by atoms with Crippen molar-refractivity contribution in [2.75, 3.05) is 13.1 Å². The highest BCUT2D eigenvalue weighted by Crippen LogP contribution is 2.17. The zero-order chi connectivity index (χ0) is 12.9. The lowest BCUT2D eigenvalue weighted by Crippen LogP contribution is -2.25. The van der Waals surface area contributed by atoms with Gasteiger partial charge in [0.15, 0.2) is 0 Å². The fraction of sp³-hybridized carbons (Fsp3) is 0.400. The molecule has 104 valence electrons. The molecule has 0 amide bonds. The molecule has 18 heavy (non-hydrogen) atoms. The van der Waals surface area contributed by atoms with Crippen molar-refractivity contribution in [2.24, 2.45) is 5.73 Å². The van der Waals surface area contributed by atoms with Crippen molar-refractivity contribution in [3.8, 4) is 0 Å². The topological polar surface area (TPSA) is 72.2 Å². The zero-order valence-electron chi connectivity index (χ0n) is 9.53. The molecule has 1 aromatic rings. The minimum absolute atomic E-state index is 0. The van der Waals surface area contributed by atoms with Crippen molar-refractivity contribution in [3.05, 3.63) is 29.0 Å². The van der Waals surface area contributed by atoms with Crippen molar-refractivity contribution < 1.29 is 12.8 Å². The SMILES string of the molecule is Cl.NCCCCNS(=O)(=O)c1cc(F)cc(Cl)c1. The molecular weight excluding hydrogens is 302 g/mol. The Labute approximate surface area is 117 Å². The first-order valence-electron chi connectivity index (χ1n) is 5.11. The van der Waals surface area contributed by atoms with Gasteiger partial charge in [-0.05, 0) is 37.6 Å². The van der Waals surface area contributed by atoms with Crippen molar-refractivity contribution in [3.63, 3.8) is 0 Å². The van der Waals surface area contributed by atoms with Crippen LogP contribution >= 0.6 is 24.0 Å². The van der Waals surface area contributed by atoms with E-state index >= 15 is 0 Å². The van der Waals surface area contributed by atoms with Crippen LogP contribution in [-0.2, 0) is 10.0 Å². The molecular formula is C10H15Cl2FN2O2S. The predicted octanol–water partition coefficient (Wildman–Crippen LogP) is 1.92. The third-order valence-corrected chi connectivity index (χ3v) is 3.73. The van der Waals surface area contributed by atoms with Gasteiger partial charge in [-0.1, -0.05) is 11.6 Å². The number of unbranched alkanes of at least 4 members (excludes halogenated alkanes) is 1. The Balaban J connectivity index is 0.00000289. The van der Waals surface area contributed by atoms with Gasteiger partial charge in [0, 0.05) is 11.6 Å². The fourth-order valence-electron chi connectivity index (χ4n) is 1.24. The van der Waals surface area contributed by atoms with Crippen LogP contribution < -0.4 is 10.5 Å². The quantitative estimate of drug-likeness (QED) is 0.787. The highest BCUT2D eigenvalue weighted by Gasteiger charge is 2.14. The molecule has 0 fully saturated rings. The number of hydrogen-bond donors (Lipinski definition) is 2. The van der Waals surface area contributed by atoms with Gasteiger partial charge in [-0.2, -0.15) is 0 Å². The number of nitrogens with two attached hydrogens (primary N) is 1. The molecule has 0 unspecified atom stereocenters. The average Bonchev–Trinajstić information content (AvgIpc) is 2.23. The van der Waals surface area contributed by atoms with Crippen LogP contribution in [0.3, 0.4) is 0 Å². The smallest absolute Gasteiger partial charge is 0.240 e. The first-order chi connectivity index (χ1) is 7.95. The minimum Gasteiger partial charge on any atom is -0.330 e. The summed E-state index contributed by atoms with van der Waals surface area (Å²) < 4.78 is 38.8. The lowest BCUT2D eigenvalue weighted by Gasteiger charge is -2.06. The van der Waals surface area contributed by atoms with E-state index in [1.54, 1.807) is 0 Å². The van der Waals surface area contributed by atoms with E-state index in [0.717, 1.165) is 18.6 Å². The van der Waals surface area contributed by atoms with Gasteiger partial charge in [0.2, 0.25) is 10.0 Å². The number of benzene rings is 1. The molecule has 3 N–H and O–H groups in total. The maximum absolute atomic E-state index is 13.0. The van der Waals surface area contributed by atoms with Crippen LogP contribution in [-0.4, -0.2) is 21.5 Å². The average molecular weight is 317 g/mol. The van der Waals surface area contributed by atoms with Gasteiger partial charge in [-0.15, -0.1) is 12.4 Å². The van der Waals surface area contributed by atoms with Crippen LogP contribution in [0.25, 0.3) is 0 Å². The van der Waals surface area contributed by atoms with E-state index in [1.165, 1.54) is 6.07 Å². The fourth-order valence-corrected chi connectivity index (χ4v) is 2.66. The van der Waals surface area contributed by atoms with Crippen molar-refractivity contribution in [1.82, 2.24) is 4.72 Å². The number of hydrogen-bond acceptors (Lipinski definition) is 3. The van der Waals surface area contributed by atoms with Crippen LogP contribution in [0, 0.1) is 5.82 Å². The molecule has 0 saturated heterocycles. The molecule has 0 atom stereocenters. The molecule has 0 heterocycles. The van der Waals surface area contributed by atoms with Gasteiger partial charge in [-0.25, -0.2) is 17.5 Å². The summed E-state index contributed by atoms with van der Waals surface area (Å²) in [5.74, 6) is -0.681. The Hall–Kier alpha value is -0.400. The molecule has 0 bridgehead atoms. The summed E-state index contributed by atoms with van der Waals surface area (Å²) in [7, 11) is -3.70.